The molecule has 3 aromatic carbocycles. The van der Waals surface area contributed by atoms with Gasteiger partial charge in [0.05, 0.1) is 23.7 Å². The summed E-state index contributed by atoms with van der Waals surface area (Å²) in [4.78, 5) is 19.8. The minimum Gasteiger partial charge on any atom is -0.489 e. The Morgan fingerprint density at radius 3 is 2.29 bits per heavy atom. The van der Waals surface area contributed by atoms with Crippen LogP contribution in [0.2, 0.25) is 0 Å². The number of nitrogens with one attached hydrogen (secondary N) is 1. The lowest BCUT2D eigenvalue weighted by Crippen LogP contribution is -2.37. The first kappa shape index (κ1) is 24.6. The first-order chi connectivity index (χ1) is 17.1. The van der Waals surface area contributed by atoms with Gasteiger partial charge in [-0.1, -0.05) is 72.8 Å². The molecule has 0 fully saturated rings. The fourth-order valence-electron chi connectivity index (χ4n) is 4.08. The van der Waals surface area contributed by atoms with E-state index < -0.39 is 0 Å². The number of aromatic nitrogens is 1. The van der Waals surface area contributed by atoms with Crippen LogP contribution in [-0.4, -0.2) is 35.5 Å². The van der Waals surface area contributed by atoms with Gasteiger partial charge in [-0.05, 0) is 42.8 Å². The molecule has 0 saturated heterocycles. The van der Waals surface area contributed by atoms with Crippen LogP contribution in [0.4, 0.5) is 0 Å². The van der Waals surface area contributed by atoms with Crippen molar-refractivity contribution < 1.29 is 9.53 Å². The van der Waals surface area contributed by atoms with Crippen LogP contribution in [0.15, 0.2) is 95.8 Å². The molecular weight excluding hydrogens is 454 g/mol. The topological polar surface area (TPSA) is 54.5 Å². The van der Waals surface area contributed by atoms with E-state index in [-0.39, 0.29) is 17.9 Å². The van der Waals surface area contributed by atoms with Crippen LogP contribution in [0.1, 0.15) is 35.2 Å². The zero-order chi connectivity index (χ0) is 24.5. The summed E-state index contributed by atoms with van der Waals surface area (Å²) in [7, 11) is 2.08. The predicted octanol–water partition coefficient (Wildman–Crippen LogP) is 5.49. The van der Waals surface area contributed by atoms with Crippen molar-refractivity contribution >= 4 is 17.2 Å². The maximum absolute atomic E-state index is 13.2. The van der Waals surface area contributed by atoms with E-state index in [2.05, 4.69) is 39.8 Å². The summed E-state index contributed by atoms with van der Waals surface area (Å²) in [6.45, 7) is 4.00. The fraction of sp³-hybridized carbons (Fsp3) is 0.241. The number of hydrogen-bond donors (Lipinski definition) is 1. The van der Waals surface area contributed by atoms with Gasteiger partial charge in [0, 0.05) is 18.5 Å². The molecule has 35 heavy (non-hydrogen) atoms. The number of nitrogens with zero attached hydrogens (tertiary/aromatic N) is 2. The minimum atomic E-state index is -0.360. The van der Waals surface area contributed by atoms with Crippen molar-refractivity contribution in [2.75, 3.05) is 13.6 Å². The second kappa shape index (κ2) is 12.3. The van der Waals surface area contributed by atoms with Crippen LogP contribution in [0.25, 0.3) is 0 Å². The molecule has 0 radical (unpaired) electrons. The van der Waals surface area contributed by atoms with Gasteiger partial charge in [0.25, 0.3) is 0 Å². The summed E-state index contributed by atoms with van der Waals surface area (Å²) in [6.07, 6.45) is -0.172. The lowest BCUT2D eigenvalue weighted by atomic mass is 9.90. The summed E-state index contributed by atoms with van der Waals surface area (Å²) in [5, 5.41) is 5.17. The highest BCUT2D eigenvalue weighted by molar-refractivity contribution is 7.07. The van der Waals surface area contributed by atoms with E-state index in [0.29, 0.717) is 6.54 Å². The van der Waals surface area contributed by atoms with E-state index in [1.807, 2.05) is 85.2 Å². The lowest BCUT2D eigenvalue weighted by molar-refractivity contribution is -0.122. The highest BCUT2D eigenvalue weighted by Crippen LogP contribution is 2.25. The Morgan fingerprint density at radius 1 is 0.971 bits per heavy atom. The standard InChI is InChI=1S/C29H31N3O2S/c1-22(34-27-15-9-10-23(16-27)18-32(2)19-26-20-35-21-31-26)17-30-29(33)28(24-11-5-3-6-12-24)25-13-7-4-8-14-25/h3-16,20-22,28H,17-19H2,1-2H3,(H,30,33). The van der Waals surface area contributed by atoms with E-state index in [1.165, 1.54) is 5.56 Å². The van der Waals surface area contributed by atoms with Crippen LogP contribution in [0.3, 0.4) is 0 Å². The zero-order valence-corrected chi connectivity index (χ0v) is 20.9. The third-order valence-electron chi connectivity index (χ3n) is 5.70. The van der Waals surface area contributed by atoms with Crippen molar-refractivity contribution in [1.82, 2.24) is 15.2 Å². The van der Waals surface area contributed by atoms with Crippen molar-refractivity contribution in [2.24, 2.45) is 0 Å². The Bertz CT molecular complexity index is 1140. The van der Waals surface area contributed by atoms with Gasteiger partial charge in [-0.25, -0.2) is 4.98 Å². The monoisotopic (exact) mass is 485 g/mol. The summed E-state index contributed by atoms with van der Waals surface area (Å²) in [5.74, 6) is 0.408. The van der Waals surface area contributed by atoms with Gasteiger partial charge in [0.2, 0.25) is 5.91 Å². The molecule has 5 nitrogen and oxygen atoms in total. The second-order valence-electron chi connectivity index (χ2n) is 8.73. The second-order valence-corrected chi connectivity index (χ2v) is 9.45. The molecule has 1 amide bonds. The van der Waals surface area contributed by atoms with Gasteiger partial charge >= 0.3 is 0 Å². The molecule has 1 N–H and O–H groups in total. The minimum absolute atomic E-state index is 0.0322. The van der Waals surface area contributed by atoms with Crippen molar-refractivity contribution in [3.63, 3.8) is 0 Å². The Kier molecular flexibility index (Phi) is 8.65. The van der Waals surface area contributed by atoms with Crippen molar-refractivity contribution in [1.29, 1.82) is 0 Å². The summed E-state index contributed by atoms with van der Waals surface area (Å²) < 4.78 is 6.14. The first-order valence-corrected chi connectivity index (χ1v) is 12.7. The average Bonchev–Trinajstić information content (AvgIpc) is 3.37. The van der Waals surface area contributed by atoms with Crippen molar-refractivity contribution in [3.05, 3.63) is 118 Å². The number of thiazole rings is 1. The lowest BCUT2D eigenvalue weighted by Gasteiger charge is -2.21. The largest absolute Gasteiger partial charge is 0.489 e. The van der Waals surface area contributed by atoms with Crippen LogP contribution in [0.5, 0.6) is 5.75 Å². The first-order valence-electron chi connectivity index (χ1n) is 11.8. The molecule has 0 spiro atoms. The number of rotatable bonds is 11. The summed E-state index contributed by atoms with van der Waals surface area (Å²) in [5.41, 5.74) is 6.06. The summed E-state index contributed by atoms with van der Waals surface area (Å²) >= 11 is 1.62. The van der Waals surface area contributed by atoms with Crippen LogP contribution in [-0.2, 0) is 17.9 Å². The highest BCUT2D eigenvalue weighted by Gasteiger charge is 2.23. The molecule has 0 aliphatic heterocycles. The van der Waals surface area contributed by atoms with Gasteiger partial charge in [-0.2, -0.15) is 0 Å². The van der Waals surface area contributed by atoms with Crippen molar-refractivity contribution in [3.8, 4) is 5.75 Å². The number of carbonyl (C=O) groups is 1. The summed E-state index contributed by atoms with van der Waals surface area (Å²) in [6, 6.07) is 27.9. The third-order valence-corrected chi connectivity index (χ3v) is 6.33. The maximum Gasteiger partial charge on any atom is 0.232 e. The van der Waals surface area contributed by atoms with Gasteiger partial charge in [0.15, 0.2) is 0 Å². The predicted molar refractivity (Wildman–Crippen MR) is 142 cm³/mol. The van der Waals surface area contributed by atoms with Crippen LogP contribution < -0.4 is 10.1 Å². The van der Waals surface area contributed by atoms with E-state index in [0.717, 1.165) is 35.7 Å². The highest BCUT2D eigenvalue weighted by atomic mass is 32.1. The van der Waals surface area contributed by atoms with E-state index in [4.69, 9.17) is 4.74 Å². The number of benzene rings is 3. The molecule has 1 aromatic heterocycles. The molecule has 0 aliphatic rings. The van der Waals surface area contributed by atoms with Gasteiger partial charge in [0.1, 0.15) is 11.9 Å². The average molecular weight is 486 g/mol. The SMILES string of the molecule is CC(CNC(=O)C(c1ccccc1)c1ccccc1)Oc1cccc(CN(C)Cc2cscn2)c1. The van der Waals surface area contributed by atoms with Gasteiger partial charge in [-0.3, -0.25) is 9.69 Å². The number of ether oxygens (including phenoxy) is 1. The molecule has 1 heterocycles. The van der Waals surface area contributed by atoms with Crippen LogP contribution >= 0.6 is 11.3 Å². The molecule has 4 rings (SSSR count). The molecule has 0 saturated carbocycles. The Labute approximate surface area is 211 Å². The van der Waals surface area contributed by atoms with E-state index >= 15 is 0 Å². The smallest absolute Gasteiger partial charge is 0.232 e. The molecule has 0 bridgehead atoms. The fourth-order valence-corrected chi connectivity index (χ4v) is 4.63. The Hall–Kier alpha value is -3.48. The molecule has 180 valence electrons. The number of amides is 1. The molecule has 4 aromatic rings. The van der Waals surface area contributed by atoms with Gasteiger partial charge < -0.3 is 10.1 Å². The van der Waals surface area contributed by atoms with E-state index in [9.17, 15) is 4.79 Å². The maximum atomic E-state index is 13.2. The molecule has 0 aliphatic carbocycles. The molecule has 1 atom stereocenters. The van der Waals surface area contributed by atoms with E-state index in [1.54, 1.807) is 11.3 Å². The van der Waals surface area contributed by atoms with Crippen molar-refractivity contribution in [2.45, 2.75) is 32.0 Å². The molecule has 6 heteroatoms. The number of carbonyl (C=O) groups excluding carboxylic acids is 1. The molecular formula is C29H31N3O2S. The Balaban J connectivity index is 1.34. The third kappa shape index (κ3) is 7.25. The normalized spacial score (nSPS) is 12.0. The number of hydrogen-bond acceptors (Lipinski definition) is 5. The van der Waals surface area contributed by atoms with Crippen LogP contribution in [0, 0.1) is 0 Å². The Morgan fingerprint density at radius 2 is 1.66 bits per heavy atom. The quantitative estimate of drug-likeness (QED) is 0.305. The zero-order valence-electron chi connectivity index (χ0n) is 20.1. The van der Waals surface area contributed by atoms with Gasteiger partial charge in [-0.15, -0.1) is 11.3 Å². The molecule has 1 unspecified atom stereocenters.